The van der Waals surface area contributed by atoms with E-state index in [9.17, 15) is 26.3 Å². The van der Waals surface area contributed by atoms with E-state index >= 15 is 0 Å². The molecule has 1 nitrogen and oxygen atoms in total. The minimum absolute atomic E-state index is 0.0398. The summed E-state index contributed by atoms with van der Waals surface area (Å²) in [7, 11) is 0. The van der Waals surface area contributed by atoms with E-state index in [1.165, 1.54) is 0 Å². The van der Waals surface area contributed by atoms with Crippen LogP contribution >= 0.6 is 15.9 Å². The molecule has 8 heteroatoms. The molecule has 1 atom stereocenters. The predicted molar refractivity (Wildman–Crippen MR) is 54.9 cm³/mol. The van der Waals surface area contributed by atoms with Crippen LogP contribution in [0.2, 0.25) is 0 Å². The molecule has 0 amide bonds. The van der Waals surface area contributed by atoms with Crippen LogP contribution in [0.3, 0.4) is 0 Å². The first-order valence-electron chi connectivity index (χ1n) is 4.60. The fourth-order valence-corrected chi connectivity index (χ4v) is 1.69. The van der Waals surface area contributed by atoms with Crippen LogP contribution in [0.5, 0.6) is 0 Å². The summed E-state index contributed by atoms with van der Waals surface area (Å²) in [5, 5.41) is 8.95. The van der Waals surface area contributed by atoms with Gasteiger partial charge in [0.1, 0.15) is 0 Å². The van der Waals surface area contributed by atoms with E-state index in [4.69, 9.17) is 5.11 Å². The van der Waals surface area contributed by atoms with Gasteiger partial charge >= 0.3 is 12.4 Å². The number of alkyl halides is 6. The number of hydrogen-bond acceptors (Lipinski definition) is 1. The lowest BCUT2D eigenvalue weighted by Gasteiger charge is -2.16. The highest BCUT2D eigenvalue weighted by molar-refractivity contribution is 9.10. The summed E-state index contributed by atoms with van der Waals surface area (Å²) in [6.07, 6.45) is -13.6. The highest BCUT2D eigenvalue weighted by atomic mass is 79.9. The van der Waals surface area contributed by atoms with Crippen LogP contribution in [0.1, 0.15) is 17.2 Å². The maximum atomic E-state index is 12.2. The average Bonchev–Trinajstić information content (AvgIpc) is 2.17. The van der Waals surface area contributed by atoms with E-state index in [-0.39, 0.29) is 10.0 Å². The van der Waals surface area contributed by atoms with Gasteiger partial charge in [0, 0.05) is 4.47 Å². The Morgan fingerprint density at radius 1 is 1.11 bits per heavy atom. The summed E-state index contributed by atoms with van der Waals surface area (Å²) >= 11 is 2.82. The molecular weight excluding hydrogens is 330 g/mol. The first-order chi connectivity index (χ1) is 8.00. The Hall–Kier alpha value is -0.760. The molecule has 0 radical (unpaired) electrons. The highest BCUT2D eigenvalue weighted by Crippen LogP contribution is 2.35. The van der Waals surface area contributed by atoms with Crippen molar-refractivity contribution in [3.05, 3.63) is 33.8 Å². The number of halogens is 7. The van der Waals surface area contributed by atoms with E-state index in [1.807, 2.05) is 0 Å². The van der Waals surface area contributed by atoms with Gasteiger partial charge in [-0.25, -0.2) is 0 Å². The van der Waals surface area contributed by atoms with Crippen LogP contribution < -0.4 is 0 Å². The van der Waals surface area contributed by atoms with Gasteiger partial charge in [0.25, 0.3) is 0 Å². The summed E-state index contributed by atoms with van der Waals surface area (Å²) in [5.74, 6) is 0. The van der Waals surface area contributed by atoms with Crippen LogP contribution in [0.4, 0.5) is 26.3 Å². The normalized spacial score (nSPS) is 14.7. The number of aliphatic hydroxyl groups excluding tert-OH is 1. The third kappa shape index (κ3) is 4.16. The number of benzene rings is 1. The molecule has 0 bridgehead atoms. The molecule has 0 spiro atoms. The Kier molecular flexibility index (Phi) is 4.32. The molecule has 0 saturated heterocycles. The van der Waals surface area contributed by atoms with Gasteiger partial charge in [0.2, 0.25) is 0 Å². The van der Waals surface area contributed by atoms with Crippen molar-refractivity contribution in [2.75, 3.05) is 0 Å². The molecule has 0 fully saturated rings. The maximum Gasteiger partial charge on any atom is 0.418 e. The van der Waals surface area contributed by atoms with Crippen LogP contribution in [0.25, 0.3) is 0 Å². The van der Waals surface area contributed by atoms with Gasteiger partial charge in [-0.3, -0.25) is 0 Å². The minimum Gasteiger partial charge on any atom is -0.379 e. The monoisotopic (exact) mass is 336 g/mol. The Balaban J connectivity index is 3.08. The fraction of sp³-hybridized carbons (Fsp3) is 0.400. The number of hydrogen-bond donors (Lipinski definition) is 1. The second-order valence-corrected chi connectivity index (χ2v) is 4.44. The third-order valence-electron chi connectivity index (χ3n) is 2.09. The van der Waals surface area contributed by atoms with Gasteiger partial charge in [0.05, 0.1) is 6.42 Å². The molecule has 1 aromatic carbocycles. The largest absolute Gasteiger partial charge is 0.418 e. The van der Waals surface area contributed by atoms with Crippen LogP contribution in [-0.2, 0) is 6.42 Å². The zero-order valence-corrected chi connectivity index (χ0v) is 10.2. The van der Waals surface area contributed by atoms with Gasteiger partial charge < -0.3 is 5.11 Å². The molecule has 1 aromatic rings. The quantitative estimate of drug-likeness (QED) is 0.804. The van der Waals surface area contributed by atoms with E-state index in [2.05, 4.69) is 15.9 Å². The zero-order chi connectivity index (χ0) is 14.1. The molecule has 0 saturated carbocycles. The summed E-state index contributed by atoms with van der Waals surface area (Å²) in [4.78, 5) is 0. The topological polar surface area (TPSA) is 20.2 Å². The first-order valence-corrected chi connectivity index (χ1v) is 5.40. The molecule has 1 rings (SSSR count). The standard InChI is InChI=1S/C10H7BrF6O/c11-7-2-1-5(8(18)10(15,16)17)3-6(7)4-9(12,13)14/h1-3,8,18H,4H2. The van der Waals surface area contributed by atoms with E-state index in [1.54, 1.807) is 0 Å². The Labute approximate surface area is 107 Å². The molecule has 18 heavy (non-hydrogen) atoms. The number of aliphatic hydroxyl groups is 1. The first kappa shape index (κ1) is 15.3. The van der Waals surface area contributed by atoms with E-state index < -0.39 is 30.4 Å². The Morgan fingerprint density at radius 3 is 2.11 bits per heavy atom. The smallest absolute Gasteiger partial charge is 0.379 e. The van der Waals surface area contributed by atoms with Crippen molar-refractivity contribution < 1.29 is 31.4 Å². The second-order valence-electron chi connectivity index (χ2n) is 3.59. The van der Waals surface area contributed by atoms with E-state index in [0.717, 1.165) is 12.1 Å². The lowest BCUT2D eigenvalue weighted by Crippen LogP contribution is -2.20. The molecule has 1 N–H and O–H groups in total. The second kappa shape index (κ2) is 5.08. The zero-order valence-electron chi connectivity index (χ0n) is 8.61. The summed E-state index contributed by atoms with van der Waals surface area (Å²) < 4.78 is 73.3. The van der Waals surface area contributed by atoms with Crippen molar-refractivity contribution in [3.8, 4) is 0 Å². The van der Waals surface area contributed by atoms with E-state index in [0.29, 0.717) is 6.07 Å². The lowest BCUT2D eigenvalue weighted by atomic mass is 10.0. The van der Waals surface area contributed by atoms with Gasteiger partial charge in [-0.1, -0.05) is 28.1 Å². The summed E-state index contributed by atoms with van der Waals surface area (Å²) in [6, 6.07) is 2.66. The van der Waals surface area contributed by atoms with Crippen molar-refractivity contribution in [3.63, 3.8) is 0 Å². The molecule has 102 valence electrons. The number of rotatable bonds is 2. The Morgan fingerprint density at radius 2 is 1.67 bits per heavy atom. The van der Waals surface area contributed by atoms with Crippen molar-refractivity contribution >= 4 is 15.9 Å². The summed E-state index contributed by atoms with van der Waals surface area (Å²) in [6.45, 7) is 0. The van der Waals surface area contributed by atoms with Gasteiger partial charge in [-0.15, -0.1) is 0 Å². The van der Waals surface area contributed by atoms with Crippen molar-refractivity contribution in [1.29, 1.82) is 0 Å². The molecule has 0 aromatic heterocycles. The molecule has 0 aliphatic heterocycles. The van der Waals surface area contributed by atoms with Crippen LogP contribution in [0, 0.1) is 0 Å². The van der Waals surface area contributed by atoms with Crippen molar-refractivity contribution in [2.45, 2.75) is 24.9 Å². The van der Waals surface area contributed by atoms with Gasteiger partial charge in [0.15, 0.2) is 6.10 Å². The third-order valence-corrected chi connectivity index (χ3v) is 2.86. The Bertz CT molecular complexity index is 425. The SMILES string of the molecule is OC(c1ccc(Br)c(CC(F)(F)F)c1)C(F)(F)F. The van der Waals surface area contributed by atoms with Crippen molar-refractivity contribution in [2.24, 2.45) is 0 Å². The van der Waals surface area contributed by atoms with Gasteiger partial charge in [-0.05, 0) is 17.2 Å². The molecule has 0 heterocycles. The van der Waals surface area contributed by atoms with Gasteiger partial charge in [-0.2, -0.15) is 26.3 Å². The van der Waals surface area contributed by atoms with Crippen LogP contribution in [-0.4, -0.2) is 17.5 Å². The molecule has 1 unspecified atom stereocenters. The lowest BCUT2D eigenvalue weighted by molar-refractivity contribution is -0.206. The minimum atomic E-state index is -4.91. The highest BCUT2D eigenvalue weighted by Gasteiger charge is 2.39. The maximum absolute atomic E-state index is 12.2. The molecule has 0 aliphatic carbocycles. The average molecular weight is 337 g/mol. The van der Waals surface area contributed by atoms with Crippen LogP contribution in [0.15, 0.2) is 22.7 Å². The summed E-state index contributed by atoms with van der Waals surface area (Å²) in [5.41, 5.74) is -0.978. The predicted octanol–water partition coefficient (Wildman–Crippen LogP) is 4.15. The molecular formula is C10H7BrF6O. The fourth-order valence-electron chi connectivity index (χ4n) is 1.31. The van der Waals surface area contributed by atoms with Crippen molar-refractivity contribution in [1.82, 2.24) is 0 Å². The molecule has 0 aliphatic rings.